The third-order valence-corrected chi connectivity index (χ3v) is 3.02. The molecule has 0 aliphatic rings. The van der Waals surface area contributed by atoms with Crippen LogP contribution in [0.15, 0.2) is 11.6 Å². The van der Waals surface area contributed by atoms with Gasteiger partial charge < -0.3 is 0 Å². The Balaban J connectivity index is 2.80. The summed E-state index contributed by atoms with van der Waals surface area (Å²) in [6.45, 7) is 4.07. The molecule has 0 saturated heterocycles. The molecule has 0 atom stereocenters. The summed E-state index contributed by atoms with van der Waals surface area (Å²) in [6.07, 6.45) is 3.91. The number of nitrogens with zero attached hydrogens (tertiary/aromatic N) is 2. The van der Waals surface area contributed by atoms with Gasteiger partial charge in [-0.2, -0.15) is 5.10 Å². The van der Waals surface area contributed by atoms with Gasteiger partial charge in [-0.05, 0) is 26.7 Å². The Morgan fingerprint density at radius 3 is 2.67 bits per heavy atom. The van der Waals surface area contributed by atoms with E-state index in [9.17, 15) is 0 Å². The summed E-state index contributed by atoms with van der Waals surface area (Å²) >= 11 is 11.8. The van der Waals surface area contributed by atoms with Crippen LogP contribution in [-0.4, -0.2) is 15.7 Å². The van der Waals surface area contributed by atoms with E-state index in [1.165, 1.54) is 5.57 Å². The first-order chi connectivity index (χ1) is 7.06. The van der Waals surface area contributed by atoms with Gasteiger partial charge in [-0.15, -0.1) is 11.6 Å². The van der Waals surface area contributed by atoms with Crippen molar-refractivity contribution in [1.82, 2.24) is 9.78 Å². The van der Waals surface area contributed by atoms with Crippen LogP contribution in [0.25, 0.3) is 0 Å². The molecule has 2 nitrogen and oxygen atoms in total. The molecule has 0 unspecified atom stereocenters. The van der Waals surface area contributed by atoms with Crippen LogP contribution in [0.5, 0.6) is 0 Å². The molecule has 0 saturated carbocycles. The second-order valence-electron chi connectivity index (χ2n) is 3.68. The predicted molar refractivity (Wildman–Crippen MR) is 65.8 cm³/mol. The zero-order valence-corrected chi connectivity index (χ0v) is 10.9. The molecule has 0 spiro atoms. The van der Waals surface area contributed by atoms with Crippen LogP contribution in [0.1, 0.15) is 24.6 Å². The van der Waals surface area contributed by atoms with Crippen molar-refractivity contribution in [2.45, 2.75) is 26.7 Å². The van der Waals surface area contributed by atoms with Gasteiger partial charge >= 0.3 is 0 Å². The molecular weight excluding hydrogens is 231 g/mol. The van der Waals surface area contributed by atoms with Crippen molar-refractivity contribution in [3.8, 4) is 0 Å². The molecular formula is C11H16Cl2N2. The fourth-order valence-corrected chi connectivity index (χ4v) is 1.88. The molecule has 1 aromatic heterocycles. The Morgan fingerprint density at radius 1 is 1.53 bits per heavy atom. The number of alkyl halides is 1. The fraction of sp³-hybridized carbons (Fsp3) is 0.545. The molecule has 1 heterocycles. The van der Waals surface area contributed by atoms with Crippen molar-refractivity contribution in [3.05, 3.63) is 28.1 Å². The van der Waals surface area contributed by atoms with E-state index < -0.39 is 0 Å². The molecule has 0 aliphatic carbocycles. The molecule has 1 rings (SSSR count). The second kappa shape index (κ2) is 5.57. The van der Waals surface area contributed by atoms with Gasteiger partial charge in [0.05, 0.1) is 5.69 Å². The van der Waals surface area contributed by atoms with Crippen molar-refractivity contribution < 1.29 is 0 Å². The number of aryl methyl sites for hydroxylation is 2. The van der Waals surface area contributed by atoms with Gasteiger partial charge in [-0.1, -0.05) is 23.3 Å². The zero-order chi connectivity index (χ0) is 11.4. The van der Waals surface area contributed by atoms with Gasteiger partial charge in [0.2, 0.25) is 0 Å². The first kappa shape index (κ1) is 12.6. The molecule has 84 valence electrons. The molecule has 15 heavy (non-hydrogen) atoms. The Morgan fingerprint density at radius 2 is 2.20 bits per heavy atom. The number of halogens is 2. The predicted octanol–water partition coefficient (Wildman–Crippen LogP) is 3.50. The average Bonchev–Trinajstić information content (AvgIpc) is 2.42. The topological polar surface area (TPSA) is 17.8 Å². The van der Waals surface area contributed by atoms with Crippen LogP contribution in [0.4, 0.5) is 0 Å². The summed E-state index contributed by atoms with van der Waals surface area (Å²) < 4.78 is 1.71. The highest BCUT2D eigenvalue weighted by atomic mass is 35.5. The molecule has 0 fully saturated rings. The van der Waals surface area contributed by atoms with E-state index >= 15 is 0 Å². The largest absolute Gasteiger partial charge is 0.257 e. The Bertz CT molecular complexity index is 367. The van der Waals surface area contributed by atoms with Gasteiger partial charge in [-0.25, -0.2) is 0 Å². The smallest absolute Gasteiger partial charge is 0.130 e. The molecule has 0 amide bonds. The van der Waals surface area contributed by atoms with Crippen LogP contribution in [0.3, 0.4) is 0 Å². The molecule has 0 radical (unpaired) electrons. The molecule has 0 N–H and O–H groups in total. The Kier molecular flexibility index (Phi) is 4.68. The summed E-state index contributed by atoms with van der Waals surface area (Å²) in [6, 6.07) is 0. The maximum atomic E-state index is 6.14. The van der Waals surface area contributed by atoms with Gasteiger partial charge in [0.15, 0.2) is 0 Å². The van der Waals surface area contributed by atoms with Crippen LogP contribution < -0.4 is 0 Å². The van der Waals surface area contributed by atoms with E-state index in [1.807, 2.05) is 14.0 Å². The molecule has 0 bridgehead atoms. The van der Waals surface area contributed by atoms with Gasteiger partial charge in [-0.3, -0.25) is 4.68 Å². The second-order valence-corrected chi connectivity index (χ2v) is 4.42. The summed E-state index contributed by atoms with van der Waals surface area (Å²) in [5.74, 6) is 0.664. The van der Waals surface area contributed by atoms with Gasteiger partial charge in [0.25, 0.3) is 0 Å². The Hall–Kier alpha value is -0.470. The lowest BCUT2D eigenvalue weighted by Crippen LogP contribution is -1.91. The lowest BCUT2D eigenvalue weighted by atomic mass is 10.1. The third kappa shape index (κ3) is 3.25. The summed E-state index contributed by atoms with van der Waals surface area (Å²) in [5, 5.41) is 5.00. The summed E-state index contributed by atoms with van der Waals surface area (Å²) in [4.78, 5) is 0. The van der Waals surface area contributed by atoms with Crippen molar-refractivity contribution in [3.63, 3.8) is 0 Å². The third-order valence-electron chi connectivity index (χ3n) is 2.33. The first-order valence-electron chi connectivity index (χ1n) is 4.95. The zero-order valence-electron chi connectivity index (χ0n) is 9.35. The number of rotatable bonds is 4. The first-order valence-corrected chi connectivity index (χ1v) is 5.87. The standard InChI is InChI=1S/C11H16Cl2N2/c1-8(5-4-6-12)7-10-9(2)14-15(3)11(10)13/h5H,4,6-7H2,1-3H3. The molecule has 4 heteroatoms. The van der Waals surface area contributed by atoms with Crippen molar-refractivity contribution >= 4 is 23.2 Å². The van der Waals surface area contributed by atoms with Crippen LogP contribution >= 0.6 is 23.2 Å². The lowest BCUT2D eigenvalue weighted by molar-refractivity contribution is 0.757. The molecule has 1 aromatic rings. The Labute approximate surface area is 101 Å². The van der Waals surface area contributed by atoms with Crippen LogP contribution in [-0.2, 0) is 13.5 Å². The van der Waals surface area contributed by atoms with Gasteiger partial charge in [0, 0.05) is 18.5 Å². The highest BCUT2D eigenvalue weighted by Gasteiger charge is 2.10. The van der Waals surface area contributed by atoms with Crippen LogP contribution in [0, 0.1) is 6.92 Å². The van der Waals surface area contributed by atoms with Crippen molar-refractivity contribution in [1.29, 1.82) is 0 Å². The highest BCUT2D eigenvalue weighted by Crippen LogP contribution is 2.21. The van der Waals surface area contributed by atoms with Crippen molar-refractivity contribution in [2.75, 3.05) is 5.88 Å². The van der Waals surface area contributed by atoms with E-state index in [-0.39, 0.29) is 0 Å². The minimum absolute atomic E-state index is 0.664. The van der Waals surface area contributed by atoms with E-state index in [1.54, 1.807) is 4.68 Å². The molecule has 0 aromatic carbocycles. The number of aromatic nitrogens is 2. The van der Waals surface area contributed by atoms with E-state index in [2.05, 4.69) is 18.1 Å². The van der Waals surface area contributed by atoms with Gasteiger partial charge in [0.1, 0.15) is 5.15 Å². The minimum atomic E-state index is 0.664. The quantitative estimate of drug-likeness (QED) is 0.588. The monoisotopic (exact) mass is 246 g/mol. The highest BCUT2D eigenvalue weighted by molar-refractivity contribution is 6.30. The normalized spacial score (nSPS) is 12.2. The number of allylic oxidation sites excluding steroid dienone is 2. The minimum Gasteiger partial charge on any atom is -0.257 e. The number of hydrogen-bond donors (Lipinski definition) is 0. The van der Waals surface area contributed by atoms with E-state index in [0.29, 0.717) is 5.88 Å². The summed E-state index contributed by atoms with van der Waals surface area (Å²) in [5.41, 5.74) is 3.40. The maximum Gasteiger partial charge on any atom is 0.130 e. The number of hydrogen-bond acceptors (Lipinski definition) is 1. The average molecular weight is 247 g/mol. The SMILES string of the molecule is CC(=CCCCl)Cc1c(C)nn(C)c1Cl. The lowest BCUT2D eigenvalue weighted by Gasteiger charge is -2.01. The van der Waals surface area contributed by atoms with Crippen LogP contribution in [0.2, 0.25) is 5.15 Å². The maximum absolute atomic E-state index is 6.14. The fourth-order valence-electron chi connectivity index (χ4n) is 1.53. The van der Waals surface area contributed by atoms with E-state index in [0.717, 1.165) is 29.3 Å². The van der Waals surface area contributed by atoms with E-state index in [4.69, 9.17) is 23.2 Å². The van der Waals surface area contributed by atoms with Crippen molar-refractivity contribution in [2.24, 2.45) is 7.05 Å². The molecule has 0 aliphatic heterocycles. The summed E-state index contributed by atoms with van der Waals surface area (Å²) in [7, 11) is 1.86.